The number of nitrogens with zero attached hydrogens (tertiary/aromatic N) is 3. The fourth-order valence-corrected chi connectivity index (χ4v) is 5.03. The van der Waals surface area contributed by atoms with Crippen molar-refractivity contribution in [1.82, 2.24) is 10.2 Å². The number of ketones is 1. The summed E-state index contributed by atoms with van der Waals surface area (Å²) >= 11 is 1.26. The first-order valence-electron chi connectivity index (χ1n) is 9.37. The lowest BCUT2D eigenvalue weighted by atomic mass is 9.77. The van der Waals surface area contributed by atoms with Gasteiger partial charge < -0.3 is 9.47 Å². The molecule has 28 heavy (non-hydrogen) atoms. The molecule has 1 aromatic carbocycles. The molecule has 2 aliphatic heterocycles. The molecule has 3 aliphatic rings. The van der Waals surface area contributed by atoms with E-state index in [0.717, 1.165) is 31.2 Å². The minimum Gasteiger partial charge on any atom is -0.497 e. The number of rotatable bonds is 3. The standard InChI is InChI=1S/C20H19N3O4S/c1-26-12-6-4-5-11(9-12)16-15-17(24)13-7-2-3-8-14(13)27-18(15)19(25)23(16)20-22-21-10-28-20/h4-6,9-10,13-14,16H,2-3,7-8H2,1H3. The highest BCUT2D eigenvalue weighted by Crippen LogP contribution is 2.48. The molecular formula is C20H19N3O4S. The van der Waals surface area contributed by atoms with Crippen LogP contribution in [0.5, 0.6) is 5.75 Å². The summed E-state index contributed by atoms with van der Waals surface area (Å²) in [6, 6.07) is 6.85. The molecule has 5 rings (SSSR count). The first kappa shape index (κ1) is 17.4. The van der Waals surface area contributed by atoms with Gasteiger partial charge in [-0.15, -0.1) is 10.2 Å². The minimum absolute atomic E-state index is 0.0270. The third kappa shape index (κ3) is 2.55. The van der Waals surface area contributed by atoms with E-state index in [1.165, 1.54) is 16.2 Å². The molecule has 1 saturated carbocycles. The van der Waals surface area contributed by atoms with Crippen molar-refractivity contribution >= 4 is 28.2 Å². The molecule has 0 radical (unpaired) electrons. The molecule has 144 valence electrons. The van der Waals surface area contributed by atoms with Crippen LogP contribution in [-0.4, -0.2) is 35.1 Å². The zero-order chi connectivity index (χ0) is 19.3. The number of hydrogen-bond donors (Lipinski definition) is 0. The molecule has 0 N–H and O–H groups in total. The molecule has 0 saturated heterocycles. The summed E-state index contributed by atoms with van der Waals surface area (Å²) < 4.78 is 11.5. The van der Waals surface area contributed by atoms with Crippen molar-refractivity contribution in [3.63, 3.8) is 0 Å². The molecule has 3 atom stereocenters. The van der Waals surface area contributed by atoms with Crippen LogP contribution < -0.4 is 9.64 Å². The van der Waals surface area contributed by atoms with Crippen molar-refractivity contribution in [2.24, 2.45) is 5.92 Å². The van der Waals surface area contributed by atoms with Gasteiger partial charge in [0.25, 0.3) is 5.91 Å². The average molecular weight is 397 g/mol. The van der Waals surface area contributed by atoms with Crippen molar-refractivity contribution in [3.05, 3.63) is 46.7 Å². The maximum atomic E-state index is 13.5. The number of anilines is 1. The predicted molar refractivity (Wildman–Crippen MR) is 102 cm³/mol. The number of aromatic nitrogens is 2. The van der Waals surface area contributed by atoms with Crippen LogP contribution in [0.4, 0.5) is 5.13 Å². The fourth-order valence-electron chi connectivity index (χ4n) is 4.44. The van der Waals surface area contributed by atoms with Crippen LogP contribution >= 0.6 is 11.3 Å². The van der Waals surface area contributed by atoms with Crippen molar-refractivity contribution < 1.29 is 19.1 Å². The van der Waals surface area contributed by atoms with Crippen LogP contribution in [-0.2, 0) is 14.3 Å². The first-order valence-corrected chi connectivity index (χ1v) is 10.3. The van der Waals surface area contributed by atoms with Gasteiger partial charge in [0.2, 0.25) is 5.13 Å². The summed E-state index contributed by atoms with van der Waals surface area (Å²) in [5, 5.41) is 8.42. The number of Topliss-reactive ketones (excluding diaryl/α,β-unsaturated/α-hetero) is 1. The number of hydrogen-bond acceptors (Lipinski definition) is 7. The van der Waals surface area contributed by atoms with Crippen LogP contribution in [0.25, 0.3) is 0 Å². The number of methoxy groups -OCH3 is 1. The summed E-state index contributed by atoms with van der Waals surface area (Å²) in [7, 11) is 1.59. The fraction of sp³-hybridized carbons (Fsp3) is 0.400. The Kier molecular flexibility index (Phi) is 4.16. The van der Waals surface area contributed by atoms with Gasteiger partial charge in [-0.25, -0.2) is 0 Å². The monoisotopic (exact) mass is 397 g/mol. The van der Waals surface area contributed by atoms with Gasteiger partial charge in [0, 0.05) is 0 Å². The van der Waals surface area contributed by atoms with Gasteiger partial charge in [0.05, 0.1) is 24.6 Å². The van der Waals surface area contributed by atoms with Crippen LogP contribution in [0.3, 0.4) is 0 Å². The topological polar surface area (TPSA) is 81.6 Å². The SMILES string of the molecule is COc1cccc(C2C3=C(OC4CCCCC4C3=O)C(=O)N2c2nncs2)c1. The van der Waals surface area contributed by atoms with E-state index in [0.29, 0.717) is 16.5 Å². The van der Waals surface area contributed by atoms with Gasteiger partial charge in [0.1, 0.15) is 17.4 Å². The molecule has 0 spiro atoms. The number of carbonyl (C=O) groups excluding carboxylic acids is 2. The Balaban J connectivity index is 1.66. The molecule has 1 fully saturated rings. The number of fused-ring (bicyclic) bond motifs is 1. The molecular weight excluding hydrogens is 378 g/mol. The van der Waals surface area contributed by atoms with Crippen LogP contribution in [0.2, 0.25) is 0 Å². The van der Waals surface area contributed by atoms with Crippen molar-refractivity contribution in [2.45, 2.75) is 37.8 Å². The van der Waals surface area contributed by atoms with E-state index in [-0.39, 0.29) is 29.5 Å². The van der Waals surface area contributed by atoms with Gasteiger partial charge in [-0.05, 0) is 37.0 Å². The van der Waals surface area contributed by atoms with Gasteiger partial charge in [-0.2, -0.15) is 0 Å². The molecule has 3 heterocycles. The van der Waals surface area contributed by atoms with E-state index in [1.807, 2.05) is 24.3 Å². The van der Waals surface area contributed by atoms with E-state index in [4.69, 9.17) is 9.47 Å². The summed E-state index contributed by atoms with van der Waals surface area (Å²) in [6.07, 6.45) is 3.44. The van der Waals surface area contributed by atoms with Crippen LogP contribution in [0.1, 0.15) is 37.3 Å². The van der Waals surface area contributed by atoms with Gasteiger partial charge >= 0.3 is 0 Å². The second-order valence-electron chi connectivity index (χ2n) is 7.23. The maximum absolute atomic E-state index is 13.5. The summed E-state index contributed by atoms with van der Waals surface area (Å²) in [4.78, 5) is 28.3. The van der Waals surface area contributed by atoms with Crippen molar-refractivity contribution in [1.29, 1.82) is 0 Å². The maximum Gasteiger partial charge on any atom is 0.296 e. The Labute approximate surface area is 166 Å². The van der Waals surface area contributed by atoms with Crippen LogP contribution in [0.15, 0.2) is 41.1 Å². The number of benzene rings is 1. The largest absolute Gasteiger partial charge is 0.497 e. The van der Waals surface area contributed by atoms with E-state index in [9.17, 15) is 9.59 Å². The molecule has 8 heteroatoms. The molecule has 1 aliphatic carbocycles. The van der Waals surface area contributed by atoms with E-state index >= 15 is 0 Å². The summed E-state index contributed by atoms with van der Waals surface area (Å²) in [5.41, 5.74) is 2.81. The second-order valence-corrected chi connectivity index (χ2v) is 8.04. The zero-order valence-electron chi connectivity index (χ0n) is 15.3. The normalized spacial score (nSPS) is 26.8. The lowest BCUT2D eigenvalue weighted by Crippen LogP contribution is -2.39. The molecule has 2 aromatic rings. The van der Waals surface area contributed by atoms with E-state index < -0.39 is 6.04 Å². The van der Waals surface area contributed by atoms with E-state index in [2.05, 4.69) is 10.2 Å². The highest BCUT2D eigenvalue weighted by molar-refractivity contribution is 7.13. The van der Waals surface area contributed by atoms with Gasteiger partial charge in [-0.3, -0.25) is 14.5 Å². The van der Waals surface area contributed by atoms with Crippen LogP contribution in [0, 0.1) is 5.92 Å². The molecule has 0 bridgehead atoms. The second kappa shape index (κ2) is 6.70. The third-order valence-corrected chi connectivity index (χ3v) is 6.42. The first-order chi connectivity index (χ1) is 13.7. The number of ether oxygens (including phenoxy) is 2. The van der Waals surface area contributed by atoms with Gasteiger partial charge in [-0.1, -0.05) is 29.9 Å². The smallest absolute Gasteiger partial charge is 0.296 e. The number of amides is 1. The lowest BCUT2D eigenvalue weighted by Gasteiger charge is -2.35. The summed E-state index contributed by atoms with van der Waals surface area (Å²) in [6.45, 7) is 0. The minimum atomic E-state index is -0.582. The molecule has 3 unspecified atom stereocenters. The highest BCUT2D eigenvalue weighted by atomic mass is 32.1. The molecule has 7 nitrogen and oxygen atoms in total. The lowest BCUT2D eigenvalue weighted by molar-refractivity contribution is -0.131. The Morgan fingerprint density at radius 3 is 2.89 bits per heavy atom. The Bertz CT molecular complexity index is 972. The van der Waals surface area contributed by atoms with Gasteiger partial charge in [0.15, 0.2) is 11.5 Å². The quantitative estimate of drug-likeness (QED) is 0.792. The third-order valence-electron chi connectivity index (χ3n) is 5.73. The molecule has 1 aromatic heterocycles. The average Bonchev–Trinajstić information content (AvgIpc) is 3.35. The summed E-state index contributed by atoms with van der Waals surface area (Å²) in [5.74, 6) is 0.367. The predicted octanol–water partition coefficient (Wildman–Crippen LogP) is 3.05. The Morgan fingerprint density at radius 1 is 1.25 bits per heavy atom. The zero-order valence-corrected chi connectivity index (χ0v) is 16.1. The van der Waals surface area contributed by atoms with Crippen molar-refractivity contribution in [3.8, 4) is 5.75 Å². The highest BCUT2D eigenvalue weighted by Gasteiger charge is 2.53. The number of carbonyl (C=O) groups is 2. The Morgan fingerprint density at radius 2 is 2.11 bits per heavy atom. The van der Waals surface area contributed by atoms with Crippen molar-refractivity contribution in [2.75, 3.05) is 12.0 Å². The molecule has 1 amide bonds. The van der Waals surface area contributed by atoms with E-state index in [1.54, 1.807) is 12.6 Å². The Hall–Kier alpha value is -2.74.